The van der Waals surface area contributed by atoms with E-state index in [1.54, 1.807) is 0 Å². The molecule has 8 nitrogen and oxygen atoms in total. The molecule has 14 heavy (non-hydrogen) atoms. The van der Waals surface area contributed by atoms with E-state index >= 15 is 0 Å². The second kappa shape index (κ2) is 11.9. The number of carbonyl (C=O) groups is 4. The fourth-order valence-corrected chi connectivity index (χ4v) is 0. The smallest absolute Gasteiger partial charge is 0.414 e. The summed E-state index contributed by atoms with van der Waals surface area (Å²) < 4.78 is 0. The van der Waals surface area contributed by atoms with Crippen LogP contribution in [-0.4, -0.2) is 44.3 Å². The van der Waals surface area contributed by atoms with Gasteiger partial charge in [-0.3, -0.25) is 0 Å². The van der Waals surface area contributed by atoms with Gasteiger partial charge in [-0.1, -0.05) is 0 Å². The van der Waals surface area contributed by atoms with Crippen molar-refractivity contribution in [1.29, 1.82) is 0 Å². The summed E-state index contributed by atoms with van der Waals surface area (Å²) in [5.74, 6) is -7.30. The number of aliphatic carboxylic acids is 4. The molecule has 0 saturated heterocycles. The minimum absolute atomic E-state index is 0. The van der Waals surface area contributed by atoms with Crippen LogP contribution in [0.2, 0.25) is 0 Å². The molecule has 0 aliphatic rings. The quantitative estimate of drug-likeness (QED) is 0.305. The summed E-state index contributed by atoms with van der Waals surface area (Å²) in [6.07, 6.45) is 0. The van der Waals surface area contributed by atoms with Gasteiger partial charge >= 0.3 is 23.9 Å². The zero-order valence-electron chi connectivity index (χ0n) is 6.05. The van der Waals surface area contributed by atoms with Gasteiger partial charge < -0.3 is 20.4 Å². The fraction of sp³-hybridized carbons (Fsp3) is 0. The average molecular weight is 297 g/mol. The second-order valence-electron chi connectivity index (χ2n) is 1.22. The van der Waals surface area contributed by atoms with Gasteiger partial charge in [-0.25, -0.2) is 19.2 Å². The van der Waals surface area contributed by atoms with Crippen molar-refractivity contribution >= 4 is 23.9 Å². The Morgan fingerprint density at radius 1 is 0.500 bits per heavy atom. The molecular formula is C4H4Ni2O8. The first kappa shape index (κ1) is 23.0. The van der Waals surface area contributed by atoms with E-state index in [1.165, 1.54) is 0 Å². The van der Waals surface area contributed by atoms with Gasteiger partial charge in [-0.15, -0.1) is 0 Å². The van der Waals surface area contributed by atoms with Crippen LogP contribution in [0.1, 0.15) is 0 Å². The van der Waals surface area contributed by atoms with Crippen molar-refractivity contribution < 1.29 is 72.6 Å². The summed E-state index contributed by atoms with van der Waals surface area (Å²) >= 11 is 0. The molecule has 0 spiro atoms. The summed E-state index contributed by atoms with van der Waals surface area (Å²) in [7, 11) is 0. The first-order chi connectivity index (χ1) is 5.29. The SMILES string of the molecule is O=C(O)C(=O)O.O=C(O)C(=O)O.[Ni].[Ni]. The molecule has 88 valence electrons. The largest absolute Gasteiger partial charge is 0.473 e. The van der Waals surface area contributed by atoms with E-state index in [0.717, 1.165) is 0 Å². The van der Waals surface area contributed by atoms with E-state index < -0.39 is 23.9 Å². The summed E-state index contributed by atoms with van der Waals surface area (Å²) in [5.41, 5.74) is 0. The third-order valence-corrected chi connectivity index (χ3v) is 0.366. The molecule has 0 fully saturated rings. The Bertz CT molecular complexity index is 175. The molecule has 0 bridgehead atoms. The third kappa shape index (κ3) is 22.4. The van der Waals surface area contributed by atoms with Crippen LogP contribution >= 0.6 is 0 Å². The monoisotopic (exact) mass is 296 g/mol. The van der Waals surface area contributed by atoms with Gasteiger partial charge in [0.05, 0.1) is 0 Å². The molecule has 0 unspecified atom stereocenters. The molecule has 0 aromatic heterocycles. The molecule has 0 aromatic carbocycles. The summed E-state index contributed by atoms with van der Waals surface area (Å²) in [6, 6.07) is 0. The van der Waals surface area contributed by atoms with Crippen LogP contribution < -0.4 is 0 Å². The van der Waals surface area contributed by atoms with Crippen molar-refractivity contribution in [2.75, 3.05) is 0 Å². The van der Waals surface area contributed by atoms with Crippen LogP contribution in [0.25, 0.3) is 0 Å². The van der Waals surface area contributed by atoms with Gasteiger partial charge in [0.15, 0.2) is 0 Å². The van der Waals surface area contributed by atoms with Gasteiger partial charge in [-0.05, 0) is 0 Å². The third-order valence-electron chi connectivity index (χ3n) is 0.366. The van der Waals surface area contributed by atoms with Gasteiger partial charge in [0, 0.05) is 33.0 Å². The van der Waals surface area contributed by atoms with E-state index in [-0.39, 0.29) is 33.0 Å². The second-order valence-corrected chi connectivity index (χ2v) is 1.22. The number of hydrogen-bond acceptors (Lipinski definition) is 4. The van der Waals surface area contributed by atoms with E-state index in [4.69, 9.17) is 39.6 Å². The molecule has 0 amide bonds. The Morgan fingerprint density at radius 3 is 0.571 bits per heavy atom. The van der Waals surface area contributed by atoms with Gasteiger partial charge in [-0.2, -0.15) is 0 Å². The maximum Gasteiger partial charge on any atom is 0.414 e. The minimum Gasteiger partial charge on any atom is -0.473 e. The zero-order valence-corrected chi connectivity index (χ0v) is 8.03. The van der Waals surface area contributed by atoms with Crippen molar-refractivity contribution in [2.24, 2.45) is 0 Å². The molecule has 0 aliphatic carbocycles. The van der Waals surface area contributed by atoms with Crippen molar-refractivity contribution in [3.05, 3.63) is 0 Å². The van der Waals surface area contributed by atoms with Gasteiger partial charge in [0.1, 0.15) is 0 Å². The van der Waals surface area contributed by atoms with Crippen molar-refractivity contribution in [2.45, 2.75) is 0 Å². The summed E-state index contributed by atoms with van der Waals surface area (Å²) in [6.45, 7) is 0. The maximum absolute atomic E-state index is 9.10. The maximum atomic E-state index is 9.10. The first-order valence-electron chi connectivity index (χ1n) is 2.21. The predicted octanol–water partition coefficient (Wildman–Crippen LogP) is -1.69. The van der Waals surface area contributed by atoms with Crippen LogP contribution in [-0.2, 0) is 52.2 Å². The summed E-state index contributed by atoms with van der Waals surface area (Å²) in [5, 5.41) is 29.6. The van der Waals surface area contributed by atoms with Crippen LogP contribution in [0.5, 0.6) is 0 Å². The van der Waals surface area contributed by atoms with Gasteiger partial charge in [0.2, 0.25) is 0 Å². The Morgan fingerprint density at radius 2 is 0.571 bits per heavy atom. The Hall–Kier alpha value is -1.13. The van der Waals surface area contributed by atoms with Crippen molar-refractivity contribution in [1.82, 2.24) is 0 Å². The fourth-order valence-electron chi connectivity index (χ4n) is 0. The Kier molecular flexibility index (Phi) is 19.5. The van der Waals surface area contributed by atoms with Crippen molar-refractivity contribution in [3.63, 3.8) is 0 Å². The molecule has 0 radical (unpaired) electrons. The van der Waals surface area contributed by atoms with E-state index in [1.807, 2.05) is 0 Å². The average Bonchev–Trinajstić information content (AvgIpc) is 1.88. The molecule has 0 atom stereocenters. The topological polar surface area (TPSA) is 149 Å². The Labute approximate surface area is 96.8 Å². The molecule has 0 aromatic rings. The molecule has 0 saturated carbocycles. The van der Waals surface area contributed by atoms with Gasteiger partial charge in [0.25, 0.3) is 0 Å². The zero-order chi connectivity index (χ0) is 10.3. The number of hydrogen-bond donors (Lipinski definition) is 4. The number of carboxylic acid groups (broad SMARTS) is 4. The minimum atomic E-state index is -1.82. The molecular weight excluding hydrogens is 293 g/mol. The predicted molar refractivity (Wildman–Crippen MR) is 30.5 cm³/mol. The molecule has 0 heterocycles. The molecule has 0 aliphatic heterocycles. The number of rotatable bonds is 0. The summed E-state index contributed by atoms with van der Waals surface area (Å²) in [4.78, 5) is 36.4. The first-order valence-corrected chi connectivity index (χ1v) is 2.21. The van der Waals surface area contributed by atoms with Crippen LogP contribution in [0, 0.1) is 0 Å². The molecule has 10 heteroatoms. The van der Waals surface area contributed by atoms with Crippen LogP contribution in [0.15, 0.2) is 0 Å². The molecule has 0 rings (SSSR count). The van der Waals surface area contributed by atoms with Crippen LogP contribution in [0.4, 0.5) is 0 Å². The van der Waals surface area contributed by atoms with Crippen LogP contribution in [0.3, 0.4) is 0 Å². The standard InChI is InChI=1S/2C2H2O4.2Ni/c2*3-1(4)2(5)6;;/h2*(H,3,4)(H,5,6);;. The normalized spacial score (nSPS) is 6.29. The Balaban J connectivity index is -0.0000000625. The van der Waals surface area contributed by atoms with Crippen molar-refractivity contribution in [3.8, 4) is 0 Å². The van der Waals surface area contributed by atoms with E-state index in [0.29, 0.717) is 0 Å². The van der Waals surface area contributed by atoms with E-state index in [2.05, 4.69) is 0 Å². The molecule has 4 N–H and O–H groups in total. The number of carboxylic acids is 4. The van der Waals surface area contributed by atoms with E-state index in [9.17, 15) is 0 Å².